The Labute approximate surface area is 113 Å². The highest BCUT2D eigenvalue weighted by atomic mass is 35.5. The van der Waals surface area contributed by atoms with Crippen molar-refractivity contribution < 1.29 is 13.2 Å². The van der Waals surface area contributed by atoms with Crippen LogP contribution in [0, 0.1) is 0 Å². The van der Waals surface area contributed by atoms with E-state index in [-0.39, 0.29) is 12.4 Å². The number of benzene rings is 1. The topological polar surface area (TPSA) is 69.4 Å². The van der Waals surface area contributed by atoms with Crippen LogP contribution in [0.25, 0.3) is 0 Å². The van der Waals surface area contributed by atoms with E-state index < -0.39 is 14.6 Å². The average molecular weight is 292 g/mol. The van der Waals surface area contributed by atoms with Gasteiger partial charge in [-0.3, -0.25) is 0 Å². The Bertz CT molecular complexity index is 500. The Morgan fingerprint density at radius 1 is 1.33 bits per heavy atom. The van der Waals surface area contributed by atoms with Crippen molar-refractivity contribution in [1.29, 1.82) is 0 Å². The molecule has 0 atom stereocenters. The summed E-state index contributed by atoms with van der Waals surface area (Å²) in [6.07, 6.45) is 0. The number of sulfone groups is 1. The molecule has 0 radical (unpaired) electrons. The molecule has 0 amide bonds. The highest BCUT2D eigenvalue weighted by molar-refractivity contribution is 7.92. The summed E-state index contributed by atoms with van der Waals surface area (Å²) >= 11 is 5.91. The Morgan fingerprint density at radius 3 is 2.44 bits per heavy atom. The Hall–Kier alpha value is -0.940. The molecule has 0 heterocycles. The summed E-state index contributed by atoms with van der Waals surface area (Å²) < 4.78 is 28.3. The standard InChI is InChI=1S/C12H18ClNO3S/c1-12(2,3)18(15,16)8-7-17-11-9(13)5-4-6-10(11)14/h4-6H,7-8,14H2,1-3H3. The van der Waals surface area contributed by atoms with Gasteiger partial charge in [0, 0.05) is 0 Å². The molecular weight excluding hydrogens is 274 g/mol. The number of ether oxygens (including phenoxy) is 1. The molecule has 1 aromatic carbocycles. The molecule has 18 heavy (non-hydrogen) atoms. The largest absolute Gasteiger partial charge is 0.489 e. The van der Waals surface area contributed by atoms with E-state index in [9.17, 15) is 8.42 Å². The van der Waals surface area contributed by atoms with Gasteiger partial charge in [-0.1, -0.05) is 17.7 Å². The van der Waals surface area contributed by atoms with Crippen LogP contribution < -0.4 is 10.5 Å². The molecule has 0 aliphatic heterocycles. The van der Waals surface area contributed by atoms with E-state index in [4.69, 9.17) is 22.1 Å². The van der Waals surface area contributed by atoms with Crippen molar-refractivity contribution in [2.75, 3.05) is 18.1 Å². The molecule has 0 saturated carbocycles. The second-order valence-corrected chi connectivity index (χ2v) is 8.21. The molecule has 0 aromatic heterocycles. The van der Waals surface area contributed by atoms with E-state index in [0.29, 0.717) is 16.5 Å². The lowest BCUT2D eigenvalue weighted by molar-refractivity contribution is 0.341. The average Bonchev–Trinajstić information content (AvgIpc) is 2.20. The minimum Gasteiger partial charge on any atom is -0.489 e. The minimum absolute atomic E-state index is 0.0353. The zero-order valence-corrected chi connectivity index (χ0v) is 12.3. The lowest BCUT2D eigenvalue weighted by atomic mass is 10.3. The molecule has 0 spiro atoms. The number of para-hydroxylation sites is 1. The number of hydrogen-bond acceptors (Lipinski definition) is 4. The molecular formula is C12H18ClNO3S. The Balaban J connectivity index is 2.69. The second-order valence-electron chi connectivity index (χ2n) is 4.94. The van der Waals surface area contributed by atoms with Crippen LogP contribution in [0.3, 0.4) is 0 Å². The molecule has 0 bridgehead atoms. The molecule has 0 aliphatic carbocycles. The lowest BCUT2D eigenvalue weighted by Gasteiger charge is -2.19. The maximum atomic E-state index is 11.9. The van der Waals surface area contributed by atoms with Gasteiger partial charge in [0.05, 0.1) is 21.2 Å². The number of nitrogen functional groups attached to an aromatic ring is 1. The highest BCUT2D eigenvalue weighted by Crippen LogP contribution is 2.30. The predicted molar refractivity (Wildman–Crippen MR) is 74.9 cm³/mol. The zero-order chi connectivity index (χ0) is 14.0. The van der Waals surface area contributed by atoms with Gasteiger partial charge in [0.25, 0.3) is 0 Å². The van der Waals surface area contributed by atoms with Gasteiger partial charge in [0.1, 0.15) is 6.61 Å². The smallest absolute Gasteiger partial charge is 0.160 e. The van der Waals surface area contributed by atoms with Crippen LogP contribution in [-0.2, 0) is 9.84 Å². The highest BCUT2D eigenvalue weighted by Gasteiger charge is 2.28. The maximum Gasteiger partial charge on any atom is 0.160 e. The summed E-state index contributed by atoms with van der Waals surface area (Å²) in [6.45, 7) is 5.01. The zero-order valence-electron chi connectivity index (χ0n) is 10.7. The monoisotopic (exact) mass is 291 g/mol. The van der Waals surface area contributed by atoms with Crippen LogP contribution in [0.1, 0.15) is 20.8 Å². The molecule has 6 heteroatoms. The fourth-order valence-corrected chi connectivity index (χ4v) is 2.39. The summed E-state index contributed by atoms with van der Waals surface area (Å²) in [5.74, 6) is 0.268. The third-order valence-electron chi connectivity index (χ3n) is 2.53. The van der Waals surface area contributed by atoms with Crippen molar-refractivity contribution in [2.45, 2.75) is 25.5 Å². The molecule has 102 valence electrons. The molecule has 4 nitrogen and oxygen atoms in total. The Morgan fingerprint density at radius 2 is 1.94 bits per heavy atom. The predicted octanol–water partition coefficient (Wildman–Crippen LogP) is 2.51. The minimum atomic E-state index is -3.20. The van der Waals surface area contributed by atoms with Crippen molar-refractivity contribution in [1.82, 2.24) is 0 Å². The van der Waals surface area contributed by atoms with Crippen LogP contribution in [0.2, 0.25) is 5.02 Å². The van der Waals surface area contributed by atoms with E-state index in [1.165, 1.54) is 0 Å². The van der Waals surface area contributed by atoms with Gasteiger partial charge in [-0.15, -0.1) is 0 Å². The molecule has 0 saturated heterocycles. The second kappa shape index (κ2) is 5.36. The van der Waals surface area contributed by atoms with E-state index in [0.717, 1.165) is 0 Å². The summed E-state index contributed by atoms with van der Waals surface area (Å²) in [4.78, 5) is 0. The number of halogens is 1. The van der Waals surface area contributed by atoms with E-state index >= 15 is 0 Å². The SMILES string of the molecule is CC(C)(C)S(=O)(=O)CCOc1c(N)cccc1Cl. The van der Waals surface area contributed by atoms with Crippen LogP contribution >= 0.6 is 11.6 Å². The number of anilines is 1. The normalized spacial score (nSPS) is 12.4. The quantitative estimate of drug-likeness (QED) is 0.866. The third kappa shape index (κ3) is 3.53. The van der Waals surface area contributed by atoms with Crippen LogP contribution in [0.15, 0.2) is 18.2 Å². The van der Waals surface area contributed by atoms with Crippen molar-refractivity contribution in [3.8, 4) is 5.75 Å². The molecule has 0 fully saturated rings. The number of hydrogen-bond donors (Lipinski definition) is 1. The summed E-state index contributed by atoms with van der Waals surface area (Å²) in [5, 5.41) is 0.378. The van der Waals surface area contributed by atoms with Crippen molar-refractivity contribution in [2.24, 2.45) is 0 Å². The van der Waals surface area contributed by atoms with Gasteiger partial charge in [-0.2, -0.15) is 0 Å². The van der Waals surface area contributed by atoms with E-state index in [1.54, 1.807) is 39.0 Å². The first kappa shape index (κ1) is 15.1. The molecule has 2 N–H and O–H groups in total. The maximum absolute atomic E-state index is 11.9. The number of nitrogens with two attached hydrogens (primary N) is 1. The van der Waals surface area contributed by atoms with Crippen LogP contribution in [0.5, 0.6) is 5.75 Å². The van der Waals surface area contributed by atoms with Crippen molar-refractivity contribution in [3.05, 3.63) is 23.2 Å². The van der Waals surface area contributed by atoms with E-state index in [2.05, 4.69) is 0 Å². The molecule has 1 rings (SSSR count). The summed E-state index contributed by atoms with van der Waals surface area (Å²) in [7, 11) is -3.20. The van der Waals surface area contributed by atoms with Gasteiger partial charge in [-0.05, 0) is 32.9 Å². The van der Waals surface area contributed by atoms with Gasteiger partial charge in [0.2, 0.25) is 0 Å². The Kier molecular flexibility index (Phi) is 4.50. The van der Waals surface area contributed by atoms with Gasteiger partial charge < -0.3 is 10.5 Å². The fraction of sp³-hybridized carbons (Fsp3) is 0.500. The summed E-state index contributed by atoms with van der Waals surface area (Å²) in [5.41, 5.74) is 6.10. The van der Waals surface area contributed by atoms with Crippen molar-refractivity contribution >= 4 is 27.1 Å². The first-order valence-electron chi connectivity index (χ1n) is 5.54. The first-order chi connectivity index (χ1) is 8.15. The van der Waals surface area contributed by atoms with Gasteiger partial charge in [0.15, 0.2) is 15.6 Å². The first-order valence-corrected chi connectivity index (χ1v) is 7.57. The van der Waals surface area contributed by atoms with E-state index in [1.807, 2.05) is 0 Å². The lowest BCUT2D eigenvalue weighted by Crippen LogP contribution is -2.32. The van der Waals surface area contributed by atoms with Crippen LogP contribution in [-0.4, -0.2) is 25.5 Å². The third-order valence-corrected chi connectivity index (χ3v) is 5.40. The molecule has 1 aromatic rings. The molecule has 0 unspecified atom stereocenters. The van der Waals surface area contributed by atoms with Crippen LogP contribution in [0.4, 0.5) is 5.69 Å². The number of rotatable bonds is 4. The van der Waals surface area contributed by atoms with Gasteiger partial charge in [-0.25, -0.2) is 8.42 Å². The van der Waals surface area contributed by atoms with Crippen molar-refractivity contribution in [3.63, 3.8) is 0 Å². The fourth-order valence-electron chi connectivity index (χ4n) is 1.24. The summed E-state index contributed by atoms with van der Waals surface area (Å²) in [6, 6.07) is 5.00. The van der Waals surface area contributed by atoms with Gasteiger partial charge >= 0.3 is 0 Å². The molecule has 0 aliphatic rings.